The van der Waals surface area contributed by atoms with Gasteiger partial charge in [0.05, 0.1) is 6.42 Å². The number of aryl methyl sites for hydroxylation is 1. The van der Waals surface area contributed by atoms with E-state index >= 15 is 0 Å². The number of nitrogens with one attached hydrogen (secondary N) is 1. The van der Waals surface area contributed by atoms with Crippen molar-refractivity contribution in [3.63, 3.8) is 0 Å². The zero-order valence-corrected chi connectivity index (χ0v) is 11.2. The maximum Gasteiger partial charge on any atom is 0.248 e. The fourth-order valence-electron chi connectivity index (χ4n) is 1.89. The van der Waals surface area contributed by atoms with E-state index in [0.29, 0.717) is 17.7 Å². The molecule has 0 fully saturated rings. The summed E-state index contributed by atoms with van der Waals surface area (Å²) in [4.78, 5) is 23.1. The van der Waals surface area contributed by atoms with Gasteiger partial charge in [-0.3, -0.25) is 9.59 Å². The van der Waals surface area contributed by atoms with Gasteiger partial charge in [-0.05, 0) is 30.2 Å². The number of primary amides is 1. The molecule has 0 heterocycles. The van der Waals surface area contributed by atoms with Crippen LogP contribution in [0.1, 0.15) is 21.5 Å². The summed E-state index contributed by atoms with van der Waals surface area (Å²) in [7, 11) is 0. The molecular weight excluding hydrogens is 252 g/mol. The van der Waals surface area contributed by atoms with Gasteiger partial charge in [-0.1, -0.05) is 36.4 Å². The SMILES string of the molecule is Cc1ccc(C(N)=O)cc1NC(=O)Cc1ccccc1. The van der Waals surface area contributed by atoms with Gasteiger partial charge in [0.2, 0.25) is 11.8 Å². The zero-order valence-electron chi connectivity index (χ0n) is 11.2. The number of hydrogen-bond acceptors (Lipinski definition) is 2. The molecule has 2 amide bonds. The van der Waals surface area contributed by atoms with Crippen molar-refractivity contribution in [1.82, 2.24) is 0 Å². The van der Waals surface area contributed by atoms with Gasteiger partial charge in [-0.15, -0.1) is 0 Å². The Morgan fingerprint density at radius 3 is 2.45 bits per heavy atom. The highest BCUT2D eigenvalue weighted by molar-refractivity contribution is 5.97. The van der Waals surface area contributed by atoms with Crippen LogP contribution in [0.15, 0.2) is 48.5 Å². The van der Waals surface area contributed by atoms with E-state index in [2.05, 4.69) is 5.32 Å². The second-order valence-electron chi connectivity index (χ2n) is 4.60. The lowest BCUT2D eigenvalue weighted by Gasteiger charge is -2.09. The highest BCUT2D eigenvalue weighted by atomic mass is 16.2. The summed E-state index contributed by atoms with van der Waals surface area (Å²) in [5.74, 6) is -0.635. The van der Waals surface area contributed by atoms with Gasteiger partial charge in [-0.2, -0.15) is 0 Å². The van der Waals surface area contributed by atoms with Crippen molar-refractivity contribution >= 4 is 17.5 Å². The lowest BCUT2D eigenvalue weighted by molar-refractivity contribution is -0.115. The molecule has 102 valence electrons. The van der Waals surface area contributed by atoms with E-state index in [1.807, 2.05) is 37.3 Å². The number of carbonyl (C=O) groups is 2. The fraction of sp³-hybridized carbons (Fsp3) is 0.125. The normalized spacial score (nSPS) is 10.1. The molecule has 3 N–H and O–H groups in total. The maximum absolute atomic E-state index is 12.0. The van der Waals surface area contributed by atoms with E-state index in [9.17, 15) is 9.59 Å². The molecule has 0 saturated heterocycles. The van der Waals surface area contributed by atoms with Crippen molar-refractivity contribution in [2.45, 2.75) is 13.3 Å². The monoisotopic (exact) mass is 268 g/mol. The Morgan fingerprint density at radius 1 is 1.10 bits per heavy atom. The summed E-state index contributed by atoms with van der Waals surface area (Å²) in [5, 5.41) is 2.81. The van der Waals surface area contributed by atoms with Gasteiger partial charge in [0.1, 0.15) is 0 Å². The van der Waals surface area contributed by atoms with Gasteiger partial charge in [0.15, 0.2) is 0 Å². The van der Waals surface area contributed by atoms with Gasteiger partial charge < -0.3 is 11.1 Å². The first kappa shape index (κ1) is 13.8. The predicted octanol–water partition coefficient (Wildman–Crippen LogP) is 2.28. The molecule has 2 aromatic rings. The van der Waals surface area contributed by atoms with Crippen LogP contribution < -0.4 is 11.1 Å². The number of carbonyl (C=O) groups excluding carboxylic acids is 2. The zero-order chi connectivity index (χ0) is 14.5. The molecule has 4 nitrogen and oxygen atoms in total. The molecule has 0 spiro atoms. The topological polar surface area (TPSA) is 72.2 Å². The molecule has 0 aliphatic rings. The summed E-state index contributed by atoms with van der Waals surface area (Å²) in [6.45, 7) is 1.86. The highest BCUT2D eigenvalue weighted by Crippen LogP contribution is 2.17. The molecule has 0 aliphatic carbocycles. The quantitative estimate of drug-likeness (QED) is 0.892. The first-order valence-corrected chi connectivity index (χ1v) is 6.30. The van der Waals surface area contributed by atoms with Crippen LogP contribution in [-0.2, 0) is 11.2 Å². The van der Waals surface area contributed by atoms with Gasteiger partial charge in [-0.25, -0.2) is 0 Å². The lowest BCUT2D eigenvalue weighted by Crippen LogP contribution is -2.16. The van der Waals surface area contributed by atoms with Crippen LogP contribution in [0.5, 0.6) is 0 Å². The maximum atomic E-state index is 12.0. The molecule has 0 aliphatic heterocycles. The van der Waals surface area contributed by atoms with Crippen LogP contribution >= 0.6 is 0 Å². The Labute approximate surface area is 117 Å². The first-order valence-electron chi connectivity index (χ1n) is 6.30. The van der Waals surface area contributed by atoms with E-state index in [4.69, 9.17) is 5.73 Å². The number of hydrogen-bond donors (Lipinski definition) is 2. The van der Waals surface area contributed by atoms with Crippen LogP contribution in [0, 0.1) is 6.92 Å². The summed E-state index contributed by atoms with van der Waals surface area (Å²) >= 11 is 0. The Kier molecular flexibility index (Phi) is 4.15. The summed E-state index contributed by atoms with van der Waals surface area (Å²) in [6.07, 6.45) is 0.293. The third-order valence-corrected chi connectivity index (χ3v) is 3.00. The average molecular weight is 268 g/mol. The Hall–Kier alpha value is -2.62. The molecule has 0 aromatic heterocycles. The van der Waals surface area contributed by atoms with Gasteiger partial charge in [0.25, 0.3) is 0 Å². The second-order valence-corrected chi connectivity index (χ2v) is 4.60. The van der Waals surface area contributed by atoms with E-state index in [1.54, 1.807) is 18.2 Å². The summed E-state index contributed by atoms with van der Waals surface area (Å²) < 4.78 is 0. The number of amides is 2. The Morgan fingerprint density at radius 2 is 1.80 bits per heavy atom. The molecule has 0 radical (unpaired) electrons. The van der Waals surface area contributed by atoms with E-state index < -0.39 is 5.91 Å². The van der Waals surface area contributed by atoms with Crippen molar-refractivity contribution in [2.24, 2.45) is 5.73 Å². The van der Waals surface area contributed by atoms with Crippen molar-refractivity contribution in [3.8, 4) is 0 Å². The van der Waals surface area contributed by atoms with Crippen molar-refractivity contribution in [3.05, 3.63) is 65.2 Å². The number of benzene rings is 2. The van der Waals surface area contributed by atoms with Crippen LogP contribution in [-0.4, -0.2) is 11.8 Å². The van der Waals surface area contributed by atoms with Crippen LogP contribution in [0.25, 0.3) is 0 Å². The standard InChI is InChI=1S/C16H16N2O2/c1-11-7-8-13(16(17)20)10-14(11)18-15(19)9-12-5-3-2-4-6-12/h2-8,10H,9H2,1H3,(H2,17,20)(H,18,19). The number of nitrogens with two attached hydrogens (primary N) is 1. The average Bonchev–Trinajstić information content (AvgIpc) is 2.42. The minimum Gasteiger partial charge on any atom is -0.366 e. The van der Waals surface area contributed by atoms with Crippen LogP contribution in [0.4, 0.5) is 5.69 Å². The minimum absolute atomic E-state index is 0.124. The van der Waals surface area contributed by atoms with Crippen LogP contribution in [0.3, 0.4) is 0 Å². The van der Waals surface area contributed by atoms with Crippen molar-refractivity contribution in [2.75, 3.05) is 5.32 Å². The lowest BCUT2D eigenvalue weighted by atomic mass is 10.1. The smallest absolute Gasteiger partial charge is 0.248 e. The summed E-state index contributed by atoms with van der Waals surface area (Å²) in [6, 6.07) is 14.5. The Bertz CT molecular complexity index is 636. The van der Waals surface area contributed by atoms with Gasteiger partial charge >= 0.3 is 0 Å². The highest BCUT2D eigenvalue weighted by Gasteiger charge is 2.08. The third kappa shape index (κ3) is 3.45. The van der Waals surface area contributed by atoms with Crippen LogP contribution in [0.2, 0.25) is 0 Å². The van der Waals surface area contributed by atoms with Crippen molar-refractivity contribution < 1.29 is 9.59 Å². The first-order chi connectivity index (χ1) is 9.56. The molecule has 20 heavy (non-hydrogen) atoms. The van der Waals surface area contributed by atoms with Crippen molar-refractivity contribution in [1.29, 1.82) is 0 Å². The van der Waals surface area contributed by atoms with E-state index in [1.165, 1.54) is 0 Å². The largest absolute Gasteiger partial charge is 0.366 e. The molecule has 0 saturated carbocycles. The van der Waals surface area contributed by atoms with E-state index in [0.717, 1.165) is 11.1 Å². The van der Waals surface area contributed by atoms with Gasteiger partial charge in [0, 0.05) is 11.3 Å². The molecular formula is C16H16N2O2. The molecule has 0 atom stereocenters. The molecule has 2 rings (SSSR count). The molecule has 0 bridgehead atoms. The van der Waals surface area contributed by atoms with E-state index in [-0.39, 0.29) is 5.91 Å². The predicted molar refractivity (Wildman–Crippen MR) is 78.5 cm³/mol. The minimum atomic E-state index is -0.511. The summed E-state index contributed by atoms with van der Waals surface area (Å²) in [5.41, 5.74) is 8.05. The fourth-order valence-corrected chi connectivity index (χ4v) is 1.89. The second kappa shape index (κ2) is 6.02. The molecule has 2 aromatic carbocycles. The Balaban J connectivity index is 2.11. The number of anilines is 1. The molecule has 4 heteroatoms. The molecule has 0 unspecified atom stereocenters. The number of rotatable bonds is 4. The third-order valence-electron chi connectivity index (χ3n) is 3.00.